The highest BCUT2D eigenvalue weighted by atomic mass is 35.5. The SMILES string of the molecule is CCc1cccc(Cl)c1NC(=O)CCC(C)C(=O)On1cccn1. The van der Waals surface area contributed by atoms with E-state index in [4.69, 9.17) is 16.4 Å². The number of aromatic nitrogens is 2. The van der Waals surface area contributed by atoms with Crippen molar-refractivity contribution in [1.82, 2.24) is 9.94 Å². The second kappa shape index (κ2) is 8.49. The molecule has 1 N–H and O–H groups in total. The number of anilines is 1. The number of para-hydroxylation sites is 1. The van der Waals surface area contributed by atoms with Gasteiger partial charge >= 0.3 is 5.97 Å². The second-order valence-electron chi connectivity index (χ2n) is 5.43. The molecule has 6 nitrogen and oxygen atoms in total. The highest BCUT2D eigenvalue weighted by Crippen LogP contribution is 2.26. The van der Waals surface area contributed by atoms with Gasteiger partial charge in [0.25, 0.3) is 0 Å². The average Bonchev–Trinajstić information content (AvgIpc) is 3.07. The lowest BCUT2D eigenvalue weighted by molar-refractivity contribution is -0.150. The molecular weight excluding hydrogens is 330 g/mol. The molecule has 0 saturated carbocycles. The highest BCUT2D eigenvalue weighted by molar-refractivity contribution is 6.33. The summed E-state index contributed by atoms with van der Waals surface area (Å²) in [6, 6.07) is 7.16. The third-order valence-electron chi connectivity index (χ3n) is 3.62. The van der Waals surface area contributed by atoms with Crippen LogP contribution in [0.1, 0.15) is 32.3 Å². The quantitative estimate of drug-likeness (QED) is 0.833. The molecule has 0 spiro atoms. The number of nitrogens with zero attached hydrogens (tertiary/aromatic N) is 2. The van der Waals surface area contributed by atoms with E-state index in [1.165, 1.54) is 12.4 Å². The molecular formula is C17H20ClN3O3. The Hall–Kier alpha value is -2.34. The van der Waals surface area contributed by atoms with Crippen LogP contribution in [0.3, 0.4) is 0 Å². The summed E-state index contributed by atoms with van der Waals surface area (Å²) >= 11 is 6.15. The van der Waals surface area contributed by atoms with Crippen LogP contribution in [0.5, 0.6) is 0 Å². The summed E-state index contributed by atoms with van der Waals surface area (Å²) in [6.45, 7) is 3.71. The number of carbonyl (C=O) groups is 2. The topological polar surface area (TPSA) is 73.2 Å². The van der Waals surface area contributed by atoms with E-state index in [0.717, 1.165) is 16.8 Å². The molecule has 24 heavy (non-hydrogen) atoms. The van der Waals surface area contributed by atoms with Crippen molar-refractivity contribution < 1.29 is 14.4 Å². The maximum absolute atomic E-state index is 12.1. The van der Waals surface area contributed by atoms with Crippen LogP contribution in [0.4, 0.5) is 5.69 Å². The summed E-state index contributed by atoms with van der Waals surface area (Å²) in [5.41, 5.74) is 1.61. The average molecular weight is 350 g/mol. The van der Waals surface area contributed by atoms with Crippen molar-refractivity contribution in [2.75, 3.05) is 5.32 Å². The monoisotopic (exact) mass is 349 g/mol. The Labute approximate surface area is 145 Å². The Kier molecular flexibility index (Phi) is 6.37. The lowest BCUT2D eigenvalue weighted by Crippen LogP contribution is -2.26. The number of hydrogen-bond acceptors (Lipinski definition) is 4. The van der Waals surface area contributed by atoms with E-state index in [2.05, 4.69) is 10.4 Å². The third kappa shape index (κ3) is 4.83. The fourth-order valence-electron chi connectivity index (χ4n) is 2.16. The van der Waals surface area contributed by atoms with Crippen molar-refractivity contribution in [3.8, 4) is 0 Å². The van der Waals surface area contributed by atoms with Crippen molar-refractivity contribution in [3.05, 3.63) is 47.2 Å². The normalized spacial score (nSPS) is 11.8. The fraction of sp³-hybridized carbons (Fsp3) is 0.353. The molecule has 0 aliphatic heterocycles. The van der Waals surface area contributed by atoms with E-state index >= 15 is 0 Å². The summed E-state index contributed by atoms with van der Waals surface area (Å²) in [7, 11) is 0. The summed E-state index contributed by atoms with van der Waals surface area (Å²) in [4.78, 5) is 30.2. The number of nitrogens with one attached hydrogen (secondary N) is 1. The predicted molar refractivity (Wildman–Crippen MR) is 91.7 cm³/mol. The van der Waals surface area contributed by atoms with Crippen molar-refractivity contribution in [2.45, 2.75) is 33.1 Å². The summed E-state index contributed by atoms with van der Waals surface area (Å²) < 4.78 is 0. The second-order valence-corrected chi connectivity index (χ2v) is 5.84. The zero-order chi connectivity index (χ0) is 17.5. The zero-order valence-corrected chi connectivity index (χ0v) is 14.4. The summed E-state index contributed by atoms with van der Waals surface area (Å²) in [6.07, 6.45) is 4.38. The Morgan fingerprint density at radius 3 is 2.83 bits per heavy atom. The van der Waals surface area contributed by atoms with Crippen molar-refractivity contribution in [2.24, 2.45) is 5.92 Å². The Morgan fingerprint density at radius 2 is 2.17 bits per heavy atom. The van der Waals surface area contributed by atoms with Crippen LogP contribution >= 0.6 is 11.6 Å². The molecule has 2 rings (SSSR count). The highest BCUT2D eigenvalue weighted by Gasteiger charge is 2.18. The van der Waals surface area contributed by atoms with E-state index < -0.39 is 11.9 Å². The van der Waals surface area contributed by atoms with Crippen LogP contribution in [-0.2, 0) is 16.0 Å². The molecule has 1 atom stereocenters. The first-order chi connectivity index (χ1) is 11.5. The van der Waals surface area contributed by atoms with Gasteiger partial charge in [-0.25, -0.2) is 4.79 Å². The minimum absolute atomic E-state index is 0.184. The smallest absolute Gasteiger partial charge is 0.325 e. The molecule has 128 valence electrons. The van der Waals surface area contributed by atoms with Gasteiger partial charge in [-0.3, -0.25) is 4.79 Å². The number of amides is 1. The molecule has 0 fully saturated rings. The van der Waals surface area contributed by atoms with Crippen LogP contribution < -0.4 is 10.2 Å². The fourth-order valence-corrected chi connectivity index (χ4v) is 2.40. The van der Waals surface area contributed by atoms with E-state index in [1.807, 2.05) is 19.1 Å². The number of benzene rings is 1. The van der Waals surface area contributed by atoms with Crippen molar-refractivity contribution in [3.63, 3.8) is 0 Å². The summed E-state index contributed by atoms with van der Waals surface area (Å²) in [5.74, 6) is -1.04. The third-order valence-corrected chi connectivity index (χ3v) is 3.93. The number of aryl methyl sites for hydroxylation is 1. The van der Waals surface area contributed by atoms with Gasteiger partial charge in [-0.2, -0.15) is 0 Å². The molecule has 0 bridgehead atoms. The van der Waals surface area contributed by atoms with Gasteiger partial charge in [0.15, 0.2) is 0 Å². The summed E-state index contributed by atoms with van der Waals surface area (Å²) in [5, 5.41) is 7.14. The van der Waals surface area contributed by atoms with Crippen molar-refractivity contribution >= 4 is 29.2 Å². The largest absolute Gasteiger partial charge is 0.337 e. The molecule has 1 amide bonds. The lowest BCUT2D eigenvalue weighted by atomic mass is 10.1. The van der Waals surface area contributed by atoms with Gasteiger partial charge < -0.3 is 10.2 Å². The Morgan fingerprint density at radius 1 is 1.38 bits per heavy atom. The van der Waals surface area contributed by atoms with Gasteiger partial charge in [0.2, 0.25) is 5.91 Å². The predicted octanol–water partition coefficient (Wildman–Crippen LogP) is 3.11. The van der Waals surface area contributed by atoms with Gasteiger partial charge in [-0.15, -0.1) is 5.10 Å². The Balaban J connectivity index is 1.86. The van der Waals surface area contributed by atoms with Crippen molar-refractivity contribution in [1.29, 1.82) is 0 Å². The standard InChI is InChI=1S/C17H20ClN3O3/c1-3-13-6-4-7-14(18)16(13)20-15(22)9-8-12(2)17(23)24-21-11-5-10-19-21/h4-7,10-12H,3,8-9H2,1-2H3,(H,20,22). The van der Waals surface area contributed by atoms with Gasteiger partial charge in [0.1, 0.15) is 0 Å². The van der Waals surface area contributed by atoms with Gasteiger partial charge in [0.05, 0.1) is 29.0 Å². The lowest BCUT2D eigenvalue weighted by Gasteiger charge is -2.13. The molecule has 0 saturated heterocycles. The molecule has 1 aromatic heterocycles. The van der Waals surface area contributed by atoms with E-state index in [0.29, 0.717) is 17.1 Å². The maximum Gasteiger partial charge on any atom is 0.337 e. The molecule has 0 radical (unpaired) electrons. The van der Waals surface area contributed by atoms with Gasteiger partial charge in [-0.1, -0.05) is 42.4 Å². The number of carbonyl (C=O) groups excluding carboxylic acids is 2. The van der Waals surface area contributed by atoms with Crippen LogP contribution in [0.2, 0.25) is 5.02 Å². The molecule has 7 heteroatoms. The minimum atomic E-state index is -0.432. The van der Waals surface area contributed by atoms with Crippen LogP contribution in [0.25, 0.3) is 0 Å². The minimum Gasteiger partial charge on any atom is -0.325 e. The number of hydrogen-bond donors (Lipinski definition) is 1. The van der Waals surface area contributed by atoms with E-state index in [-0.39, 0.29) is 12.3 Å². The first-order valence-corrected chi connectivity index (χ1v) is 8.18. The van der Waals surface area contributed by atoms with Crippen LogP contribution in [0.15, 0.2) is 36.7 Å². The number of halogens is 1. The first kappa shape index (κ1) is 18.0. The van der Waals surface area contributed by atoms with Gasteiger partial charge in [-0.05, 0) is 30.5 Å². The first-order valence-electron chi connectivity index (χ1n) is 7.80. The van der Waals surface area contributed by atoms with E-state index in [1.54, 1.807) is 19.1 Å². The van der Waals surface area contributed by atoms with E-state index in [9.17, 15) is 9.59 Å². The van der Waals surface area contributed by atoms with Crippen LogP contribution in [0, 0.1) is 5.92 Å². The maximum atomic E-state index is 12.1. The Bertz CT molecular complexity index is 701. The molecule has 1 aromatic carbocycles. The molecule has 2 aromatic rings. The molecule has 0 aliphatic rings. The molecule has 0 aliphatic carbocycles. The molecule has 1 unspecified atom stereocenters. The van der Waals surface area contributed by atoms with Crippen LogP contribution in [-0.4, -0.2) is 21.8 Å². The molecule has 1 heterocycles. The zero-order valence-electron chi connectivity index (χ0n) is 13.7. The number of rotatable bonds is 7. The van der Waals surface area contributed by atoms with Gasteiger partial charge in [0, 0.05) is 6.42 Å².